The van der Waals surface area contributed by atoms with Gasteiger partial charge in [-0.05, 0) is 51.5 Å². The summed E-state index contributed by atoms with van der Waals surface area (Å²) < 4.78 is 40.2. The summed E-state index contributed by atoms with van der Waals surface area (Å²) in [6, 6.07) is 7.41. The second-order valence-electron chi connectivity index (χ2n) is 13.0. The summed E-state index contributed by atoms with van der Waals surface area (Å²) in [5.74, 6) is -2.89. The van der Waals surface area contributed by atoms with E-state index in [9.17, 15) is 45.3 Å². The number of carbonyl (C=O) groups is 1. The van der Waals surface area contributed by atoms with Gasteiger partial charge in [-0.15, -0.1) is 0 Å². The molecule has 0 unspecified atom stereocenters. The number of allylic oxidation sites excluding steroid dienone is 2. The van der Waals surface area contributed by atoms with Gasteiger partial charge in [0.15, 0.2) is 12.1 Å². The van der Waals surface area contributed by atoms with Gasteiger partial charge in [0.25, 0.3) is 0 Å². The van der Waals surface area contributed by atoms with Crippen LogP contribution in [0, 0.1) is 5.92 Å². The maximum atomic E-state index is 14.3. The number of benzene rings is 2. The van der Waals surface area contributed by atoms with Crippen LogP contribution in [0.25, 0.3) is 22.3 Å². The number of methoxy groups -OCH3 is 1. The lowest BCUT2D eigenvalue weighted by Gasteiger charge is -2.44. The molecule has 0 amide bonds. The van der Waals surface area contributed by atoms with Crippen molar-refractivity contribution in [3.8, 4) is 34.3 Å². The third-order valence-corrected chi connectivity index (χ3v) is 9.04. The zero-order valence-corrected chi connectivity index (χ0v) is 29.2. The van der Waals surface area contributed by atoms with Crippen LogP contribution >= 0.6 is 0 Å². The van der Waals surface area contributed by atoms with Gasteiger partial charge in [-0.2, -0.15) is 0 Å². The van der Waals surface area contributed by atoms with Crippen molar-refractivity contribution in [3.05, 3.63) is 57.8 Å². The van der Waals surface area contributed by atoms with Gasteiger partial charge in [-0.3, -0.25) is 9.59 Å². The molecular formula is C36H44O16. The zero-order valence-electron chi connectivity index (χ0n) is 29.2. The lowest BCUT2D eigenvalue weighted by molar-refractivity contribution is -0.315. The molecule has 0 radical (unpaired) electrons. The van der Waals surface area contributed by atoms with E-state index >= 15 is 0 Å². The molecule has 10 atom stereocenters. The number of phenolic OH excluding ortho intramolecular Hbond substituents is 2. The number of aliphatic hydroxyl groups excluding tert-OH is 5. The Kier molecular flexibility index (Phi) is 12.1. The van der Waals surface area contributed by atoms with Crippen LogP contribution in [0.2, 0.25) is 0 Å². The molecule has 2 saturated heterocycles. The molecule has 3 aromatic rings. The molecule has 0 spiro atoms. The van der Waals surface area contributed by atoms with Crippen LogP contribution in [-0.4, -0.2) is 117 Å². The van der Waals surface area contributed by atoms with Crippen LogP contribution in [0.4, 0.5) is 0 Å². The molecule has 0 bridgehead atoms. The number of ether oxygens (including phenoxy) is 6. The topological polar surface area (TPSA) is 244 Å². The molecule has 2 aliphatic heterocycles. The highest BCUT2D eigenvalue weighted by molar-refractivity contribution is 5.91. The molecule has 2 fully saturated rings. The summed E-state index contributed by atoms with van der Waals surface area (Å²) in [5, 5.41) is 73.5. The summed E-state index contributed by atoms with van der Waals surface area (Å²) >= 11 is 0. The molecular weight excluding hydrogens is 688 g/mol. The highest BCUT2D eigenvalue weighted by Crippen LogP contribution is 2.41. The zero-order chi connectivity index (χ0) is 38.0. The molecule has 1 aromatic heterocycles. The van der Waals surface area contributed by atoms with E-state index in [1.54, 1.807) is 24.3 Å². The largest absolute Gasteiger partial charge is 0.507 e. The van der Waals surface area contributed by atoms with E-state index in [1.807, 2.05) is 19.9 Å². The van der Waals surface area contributed by atoms with Crippen molar-refractivity contribution >= 4 is 16.9 Å². The van der Waals surface area contributed by atoms with E-state index in [2.05, 4.69) is 0 Å². The number of esters is 1. The predicted octanol–water partition coefficient (Wildman–Crippen LogP) is 1.24. The van der Waals surface area contributed by atoms with Crippen molar-refractivity contribution in [2.75, 3.05) is 20.3 Å². The van der Waals surface area contributed by atoms with Crippen LogP contribution in [0.5, 0.6) is 23.0 Å². The molecule has 2 aliphatic rings. The van der Waals surface area contributed by atoms with Crippen molar-refractivity contribution in [1.29, 1.82) is 0 Å². The van der Waals surface area contributed by atoms with E-state index in [4.69, 9.17) is 32.8 Å². The smallest absolute Gasteiger partial charge is 0.303 e. The standard InChI is InChI=1S/C36H44O16/c1-15(2)6-11-20-22(39)12-23(40)25-28(43)34(32(51-33(20)25)18-7-9-19(46-5)10-8-18)52-36-26(41)21(31(16(3)48-36)49-17(4)38)14-47-35-30(45)29(44)27(42)24(13-37)50-35/h6-10,12,16,21,24,26-27,29-31,35-37,39-42,44-45H,11,13-14H2,1-5H3/t16-,21+,24+,26+,27+,29-,30+,31-,35+,36+/m0/s1. The molecule has 7 N–H and O–H groups in total. The van der Waals surface area contributed by atoms with E-state index in [1.165, 1.54) is 14.0 Å². The number of aromatic hydroxyl groups is 2. The molecule has 284 valence electrons. The van der Waals surface area contributed by atoms with Gasteiger partial charge in [-0.1, -0.05) is 11.6 Å². The average molecular weight is 733 g/mol. The third-order valence-electron chi connectivity index (χ3n) is 9.04. The van der Waals surface area contributed by atoms with Crippen molar-refractivity contribution in [2.24, 2.45) is 5.92 Å². The van der Waals surface area contributed by atoms with Gasteiger partial charge >= 0.3 is 5.97 Å². The first-order valence-electron chi connectivity index (χ1n) is 16.6. The first kappa shape index (κ1) is 39.0. The fourth-order valence-corrected chi connectivity index (χ4v) is 6.22. The van der Waals surface area contributed by atoms with Gasteiger partial charge in [0.2, 0.25) is 17.5 Å². The second kappa shape index (κ2) is 16.2. The van der Waals surface area contributed by atoms with Gasteiger partial charge in [0.1, 0.15) is 64.8 Å². The van der Waals surface area contributed by atoms with E-state index in [-0.39, 0.29) is 34.5 Å². The first-order chi connectivity index (χ1) is 24.7. The van der Waals surface area contributed by atoms with Crippen molar-refractivity contribution < 1.29 is 73.4 Å². The van der Waals surface area contributed by atoms with Crippen molar-refractivity contribution in [2.45, 2.75) is 89.4 Å². The van der Waals surface area contributed by atoms with Crippen LogP contribution < -0.4 is 14.9 Å². The fourth-order valence-electron chi connectivity index (χ4n) is 6.22. The summed E-state index contributed by atoms with van der Waals surface area (Å²) in [6.07, 6.45) is -11.5. The molecule has 2 aromatic carbocycles. The molecule has 16 nitrogen and oxygen atoms in total. The summed E-state index contributed by atoms with van der Waals surface area (Å²) in [4.78, 5) is 26.4. The Labute approximate surface area is 298 Å². The second-order valence-corrected chi connectivity index (χ2v) is 13.0. The number of rotatable bonds is 11. The summed E-state index contributed by atoms with van der Waals surface area (Å²) in [5.41, 5.74) is 0.516. The average Bonchev–Trinajstić information content (AvgIpc) is 3.10. The maximum Gasteiger partial charge on any atom is 0.303 e. The van der Waals surface area contributed by atoms with E-state index in [0.717, 1.165) is 18.6 Å². The number of hydrogen-bond donors (Lipinski definition) is 7. The quantitative estimate of drug-likeness (QED) is 0.108. The van der Waals surface area contributed by atoms with Gasteiger partial charge in [-0.25, -0.2) is 0 Å². The lowest BCUT2D eigenvalue weighted by atomic mass is 9.89. The van der Waals surface area contributed by atoms with Crippen molar-refractivity contribution in [1.82, 2.24) is 0 Å². The lowest BCUT2D eigenvalue weighted by Crippen LogP contribution is -2.61. The minimum absolute atomic E-state index is 0.0997. The number of hydrogen-bond acceptors (Lipinski definition) is 16. The Bertz CT molecular complexity index is 1810. The Hall–Kier alpha value is -4.26. The molecule has 3 heterocycles. The minimum Gasteiger partial charge on any atom is -0.507 e. The Morgan fingerprint density at radius 1 is 0.923 bits per heavy atom. The summed E-state index contributed by atoms with van der Waals surface area (Å²) in [6.45, 7) is 5.18. The highest BCUT2D eigenvalue weighted by Gasteiger charge is 2.49. The molecule has 0 saturated carbocycles. The van der Waals surface area contributed by atoms with Crippen LogP contribution in [0.1, 0.15) is 33.3 Å². The minimum atomic E-state index is -1.76. The van der Waals surface area contributed by atoms with Crippen LogP contribution in [0.3, 0.4) is 0 Å². The number of phenols is 2. The molecule has 0 aliphatic carbocycles. The SMILES string of the molecule is COc1ccc(-c2oc3c(CC=C(C)C)c(O)cc(O)c3c(=O)c2O[C@H]2O[C@@H](C)[C@H](OC(C)=O)[C@H](CO[C@@H]3O[C@H](CO)[C@@H](O)[C@H](O)[C@H]3O)[C@H]2O)cc1. The van der Waals surface area contributed by atoms with Crippen LogP contribution in [-0.2, 0) is 30.2 Å². The normalized spacial score (nSPS) is 29.0. The highest BCUT2D eigenvalue weighted by atomic mass is 16.7. The molecule has 5 rings (SSSR count). The van der Waals surface area contributed by atoms with Gasteiger partial charge in [0, 0.05) is 24.1 Å². The number of aliphatic hydroxyl groups is 5. The third kappa shape index (κ3) is 7.89. The van der Waals surface area contributed by atoms with Crippen molar-refractivity contribution in [3.63, 3.8) is 0 Å². The Morgan fingerprint density at radius 3 is 2.23 bits per heavy atom. The fraction of sp³-hybridized carbons (Fsp3) is 0.500. The molecule has 52 heavy (non-hydrogen) atoms. The number of carbonyl (C=O) groups excluding carboxylic acids is 1. The molecule has 16 heteroatoms. The Morgan fingerprint density at radius 2 is 1.62 bits per heavy atom. The van der Waals surface area contributed by atoms with Gasteiger partial charge in [0.05, 0.1) is 32.3 Å². The monoisotopic (exact) mass is 732 g/mol. The van der Waals surface area contributed by atoms with E-state index < -0.39 is 97.3 Å². The first-order valence-corrected chi connectivity index (χ1v) is 16.6. The maximum absolute atomic E-state index is 14.3. The van der Waals surface area contributed by atoms with Gasteiger partial charge < -0.3 is 68.6 Å². The van der Waals surface area contributed by atoms with Crippen LogP contribution in [0.15, 0.2) is 51.2 Å². The Balaban J connectivity index is 1.57. The van der Waals surface area contributed by atoms with E-state index in [0.29, 0.717) is 11.3 Å². The predicted molar refractivity (Wildman–Crippen MR) is 181 cm³/mol. The summed E-state index contributed by atoms with van der Waals surface area (Å²) in [7, 11) is 1.48. The number of fused-ring (bicyclic) bond motifs is 1.